The van der Waals surface area contributed by atoms with Gasteiger partial charge in [-0.25, -0.2) is 4.98 Å². The lowest BCUT2D eigenvalue weighted by molar-refractivity contribution is 0.810. The number of rotatable bonds is 3. The van der Waals surface area contributed by atoms with Crippen LogP contribution in [0.3, 0.4) is 0 Å². The van der Waals surface area contributed by atoms with E-state index in [9.17, 15) is 0 Å². The average molecular weight is 354 g/mol. The van der Waals surface area contributed by atoms with E-state index in [0.29, 0.717) is 16.5 Å². The van der Waals surface area contributed by atoms with Crippen molar-refractivity contribution in [2.24, 2.45) is 0 Å². The molecule has 0 fully saturated rings. The monoisotopic (exact) mass is 353 g/mol. The summed E-state index contributed by atoms with van der Waals surface area (Å²) < 4.78 is 1.61. The zero-order valence-electron chi connectivity index (χ0n) is 12.4. The van der Waals surface area contributed by atoms with Gasteiger partial charge >= 0.3 is 0 Å². The summed E-state index contributed by atoms with van der Waals surface area (Å²) >= 11 is 7.41. The largest absolute Gasteiger partial charge is 0.382 e. The highest BCUT2D eigenvalue weighted by molar-refractivity contribution is 7.13. The van der Waals surface area contributed by atoms with Crippen LogP contribution >= 0.6 is 22.9 Å². The van der Waals surface area contributed by atoms with Crippen LogP contribution in [0.4, 0.5) is 5.82 Å². The number of nitrogens with zero attached hydrogens (tertiary/aromatic N) is 4. The molecule has 7 heteroatoms. The van der Waals surface area contributed by atoms with Gasteiger partial charge in [0, 0.05) is 16.0 Å². The van der Waals surface area contributed by atoms with Crippen molar-refractivity contribution in [1.82, 2.24) is 20.0 Å². The lowest BCUT2D eigenvalue weighted by Gasteiger charge is -2.01. The van der Waals surface area contributed by atoms with E-state index in [4.69, 9.17) is 17.3 Å². The Morgan fingerprint density at radius 1 is 1.00 bits per heavy atom. The van der Waals surface area contributed by atoms with E-state index in [-0.39, 0.29) is 0 Å². The minimum absolute atomic E-state index is 0.471. The van der Waals surface area contributed by atoms with Gasteiger partial charge in [0.2, 0.25) is 0 Å². The van der Waals surface area contributed by atoms with Crippen LogP contribution in [0.1, 0.15) is 0 Å². The molecule has 0 aliphatic carbocycles. The van der Waals surface area contributed by atoms with E-state index in [0.717, 1.165) is 22.0 Å². The minimum atomic E-state index is 0.471. The Bertz CT molecular complexity index is 976. The number of nitrogens with two attached hydrogens (primary N) is 1. The maximum atomic E-state index is 6.22. The average Bonchev–Trinajstić information content (AvgIpc) is 3.23. The van der Waals surface area contributed by atoms with E-state index in [1.807, 2.05) is 60.0 Å². The summed E-state index contributed by atoms with van der Waals surface area (Å²) in [6, 6.07) is 17.2. The quantitative estimate of drug-likeness (QED) is 0.596. The highest BCUT2D eigenvalue weighted by atomic mass is 35.5. The fourth-order valence-corrected chi connectivity index (χ4v) is 3.28. The van der Waals surface area contributed by atoms with Crippen LogP contribution in [0.25, 0.3) is 27.6 Å². The number of anilines is 1. The molecule has 0 bridgehead atoms. The minimum Gasteiger partial charge on any atom is -0.382 e. The third-order valence-corrected chi connectivity index (χ3v) is 4.65. The zero-order chi connectivity index (χ0) is 16.5. The number of nitrogen functional groups attached to an aromatic ring is 1. The van der Waals surface area contributed by atoms with Gasteiger partial charge in [0.25, 0.3) is 0 Å². The van der Waals surface area contributed by atoms with Crippen molar-refractivity contribution in [2.75, 3.05) is 5.73 Å². The van der Waals surface area contributed by atoms with E-state index < -0.39 is 0 Å². The molecule has 0 unspecified atom stereocenters. The number of thiazole rings is 1. The van der Waals surface area contributed by atoms with Crippen molar-refractivity contribution in [3.8, 4) is 27.6 Å². The van der Waals surface area contributed by atoms with Gasteiger partial charge in [-0.05, 0) is 24.3 Å². The standard InChI is InChI=1S/C17H12ClN5S/c18-12-8-6-11(7-9-12)14-10-24-17(20-14)15-16(19)23(22-21-15)13-4-2-1-3-5-13/h1-10H,19H2. The summed E-state index contributed by atoms with van der Waals surface area (Å²) in [4.78, 5) is 4.63. The first-order chi connectivity index (χ1) is 11.7. The normalized spacial score (nSPS) is 10.9. The highest BCUT2D eigenvalue weighted by Crippen LogP contribution is 2.31. The number of benzene rings is 2. The second-order valence-corrected chi connectivity index (χ2v) is 6.41. The molecule has 2 heterocycles. The van der Waals surface area contributed by atoms with Crippen molar-refractivity contribution < 1.29 is 0 Å². The molecule has 2 aromatic heterocycles. The first-order valence-electron chi connectivity index (χ1n) is 7.21. The third kappa shape index (κ3) is 2.66. The smallest absolute Gasteiger partial charge is 0.165 e. The fraction of sp³-hybridized carbons (Fsp3) is 0. The lowest BCUT2D eigenvalue weighted by Crippen LogP contribution is -2.01. The van der Waals surface area contributed by atoms with Gasteiger partial charge in [0.05, 0.1) is 11.4 Å². The third-order valence-electron chi connectivity index (χ3n) is 3.55. The second-order valence-electron chi connectivity index (χ2n) is 5.12. The molecule has 24 heavy (non-hydrogen) atoms. The Morgan fingerprint density at radius 2 is 1.75 bits per heavy atom. The van der Waals surface area contributed by atoms with Gasteiger partial charge in [-0.3, -0.25) is 0 Å². The molecule has 2 aromatic carbocycles. The maximum Gasteiger partial charge on any atom is 0.165 e. The number of para-hydroxylation sites is 1. The first-order valence-corrected chi connectivity index (χ1v) is 8.46. The number of halogens is 1. The molecule has 2 N–H and O–H groups in total. The van der Waals surface area contributed by atoms with E-state index in [2.05, 4.69) is 15.3 Å². The Labute approximate surface area is 147 Å². The molecule has 118 valence electrons. The number of hydrogen-bond acceptors (Lipinski definition) is 5. The predicted molar refractivity (Wildman–Crippen MR) is 97.3 cm³/mol. The SMILES string of the molecule is Nc1c(-c2nc(-c3ccc(Cl)cc3)cs2)nnn1-c1ccccc1. The van der Waals surface area contributed by atoms with Crippen LogP contribution in [0.5, 0.6) is 0 Å². The molecule has 0 saturated carbocycles. The van der Waals surface area contributed by atoms with Crippen molar-refractivity contribution in [3.05, 3.63) is 65.0 Å². The van der Waals surface area contributed by atoms with Crippen molar-refractivity contribution in [3.63, 3.8) is 0 Å². The molecule has 4 rings (SSSR count). The van der Waals surface area contributed by atoms with Gasteiger partial charge in [-0.2, -0.15) is 4.68 Å². The van der Waals surface area contributed by atoms with E-state index >= 15 is 0 Å². The zero-order valence-corrected chi connectivity index (χ0v) is 14.0. The van der Waals surface area contributed by atoms with Gasteiger partial charge in [0.15, 0.2) is 11.5 Å². The summed E-state index contributed by atoms with van der Waals surface area (Å²) in [5.74, 6) is 0.471. The summed E-state index contributed by atoms with van der Waals surface area (Å²) in [5, 5.41) is 11.8. The van der Waals surface area contributed by atoms with Crippen LogP contribution in [0.15, 0.2) is 60.0 Å². The topological polar surface area (TPSA) is 69.6 Å². The van der Waals surface area contributed by atoms with E-state index in [1.165, 1.54) is 11.3 Å². The van der Waals surface area contributed by atoms with Crippen molar-refractivity contribution in [2.45, 2.75) is 0 Å². The van der Waals surface area contributed by atoms with Crippen molar-refractivity contribution in [1.29, 1.82) is 0 Å². The summed E-state index contributed by atoms with van der Waals surface area (Å²) in [6.45, 7) is 0. The summed E-state index contributed by atoms with van der Waals surface area (Å²) in [6.07, 6.45) is 0. The van der Waals surface area contributed by atoms with Crippen LogP contribution in [-0.4, -0.2) is 20.0 Å². The summed E-state index contributed by atoms with van der Waals surface area (Å²) in [7, 11) is 0. The predicted octanol–water partition coefficient (Wildman–Crippen LogP) is 4.29. The molecule has 5 nitrogen and oxygen atoms in total. The molecule has 0 saturated heterocycles. The van der Waals surface area contributed by atoms with Gasteiger partial charge in [-0.1, -0.05) is 47.1 Å². The Morgan fingerprint density at radius 3 is 2.50 bits per heavy atom. The van der Waals surface area contributed by atoms with Crippen LogP contribution in [-0.2, 0) is 0 Å². The highest BCUT2D eigenvalue weighted by Gasteiger charge is 2.16. The van der Waals surface area contributed by atoms with Gasteiger partial charge in [0.1, 0.15) is 5.01 Å². The molecule has 4 aromatic rings. The van der Waals surface area contributed by atoms with Crippen molar-refractivity contribution >= 4 is 28.8 Å². The maximum absolute atomic E-state index is 6.22. The molecular weight excluding hydrogens is 342 g/mol. The molecule has 0 aliphatic rings. The Hall–Kier alpha value is -2.70. The number of aromatic nitrogens is 4. The molecule has 0 aliphatic heterocycles. The number of hydrogen-bond donors (Lipinski definition) is 1. The first kappa shape index (κ1) is 14.9. The molecular formula is C17H12ClN5S. The second kappa shape index (κ2) is 6.07. The fourth-order valence-electron chi connectivity index (χ4n) is 2.34. The molecule has 0 amide bonds. The van der Waals surface area contributed by atoms with Crippen LogP contribution in [0, 0.1) is 0 Å². The molecule has 0 atom stereocenters. The Balaban J connectivity index is 1.71. The van der Waals surface area contributed by atoms with E-state index in [1.54, 1.807) is 4.68 Å². The molecule has 0 radical (unpaired) electrons. The van der Waals surface area contributed by atoms with Crippen LogP contribution in [0.2, 0.25) is 5.02 Å². The van der Waals surface area contributed by atoms with Crippen LogP contribution < -0.4 is 5.73 Å². The summed E-state index contributed by atoms with van der Waals surface area (Å²) in [5.41, 5.74) is 9.53. The van der Waals surface area contributed by atoms with Gasteiger partial charge in [-0.15, -0.1) is 16.4 Å². The molecule has 0 spiro atoms. The lowest BCUT2D eigenvalue weighted by atomic mass is 10.2. The van der Waals surface area contributed by atoms with Gasteiger partial charge < -0.3 is 5.73 Å². The Kier molecular flexibility index (Phi) is 3.76.